The number of thiophene rings is 1. The molecule has 40 heavy (non-hydrogen) atoms. The number of hydrogen-bond donors (Lipinski definition) is 1. The summed E-state index contributed by atoms with van der Waals surface area (Å²) in [5.74, 6) is 2.27. The summed E-state index contributed by atoms with van der Waals surface area (Å²) in [6.07, 6.45) is 1.31. The van der Waals surface area contributed by atoms with Crippen LogP contribution in [0.1, 0.15) is 30.7 Å². The molecule has 0 aliphatic heterocycles. The summed E-state index contributed by atoms with van der Waals surface area (Å²) >= 11 is 1.60. The Morgan fingerprint density at radius 3 is 2.20 bits per heavy atom. The van der Waals surface area contributed by atoms with Gasteiger partial charge in [-0.2, -0.15) is 0 Å². The van der Waals surface area contributed by atoms with Crippen LogP contribution in [0.15, 0.2) is 53.9 Å². The van der Waals surface area contributed by atoms with Gasteiger partial charge in [-0.1, -0.05) is 19.1 Å². The summed E-state index contributed by atoms with van der Waals surface area (Å²) in [6.45, 7) is 4.82. The number of hydrogen-bond acceptors (Lipinski definition) is 7. The Balaban J connectivity index is 1.78. The molecule has 0 fully saturated rings. The van der Waals surface area contributed by atoms with Gasteiger partial charge in [0.15, 0.2) is 11.5 Å². The number of methoxy groups -OCH3 is 4. The molecule has 0 saturated carbocycles. The molecule has 0 bridgehead atoms. The summed E-state index contributed by atoms with van der Waals surface area (Å²) in [5, 5.41) is 4.90. The van der Waals surface area contributed by atoms with Crippen LogP contribution in [0, 0.1) is 0 Å². The van der Waals surface area contributed by atoms with Crippen molar-refractivity contribution in [2.24, 2.45) is 0 Å². The number of anilines is 1. The van der Waals surface area contributed by atoms with E-state index in [0.717, 1.165) is 10.4 Å². The van der Waals surface area contributed by atoms with Crippen molar-refractivity contribution in [2.45, 2.75) is 39.3 Å². The van der Waals surface area contributed by atoms with Crippen molar-refractivity contribution in [3.8, 4) is 23.0 Å². The number of carbonyl (C=O) groups is 2. The fourth-order valence-electron chi connectivity index (χ4n) is 4.15. The van der Waals surface area contributed by atoms with E-state index in [0.29, 0.717) is 54.6 Å². The van der Waals surface area contributed by atoms with Crippen LogP contribution in [0.25, 0.3) is 0 Å². The first-order valence-electron chi connectivity index (χ1n) is 13.1. The molecule has 0 saturated heterocycles. The van der Waals surface area contributed by atoms with E-state index in [1.807, 2.05) is 49.6 Å². The Bertz CT molecular complexity index is 1230. The van der Waals surface area contributed by atoms with Gasteiger partial charge in [-0.25, -0.2) is 4.79 Å². The van der Waals surface area contributed by atoms with E-state index >= 15 is 0 Å². The molecule has 9 nitrogen and oxygen atoms in total. The smallest absolute Gasteiger partial charge is 0.322 e. The van der Waals surface area contributed by atoms with Crippen molar-refractivity contribution >= 4 is 29.0 Å². The Labute approximate surface area is 240 Å². The molecule has 1 heterocycles. The number of urea groups is 1. The van der Waals surface area contributed by atoms with Crippen molar-refractivity contribution in [2.75, 3.05) is 46.8 Å². The molecule has 0 spiro atoms. The zero-order valence-electron chi connectivity index (χ0n) is 24.1. The van der Waals surface area contributed by atoms with Crippen LogP contribution in [-0.2, 0) is 17.8 Å². The maximum Gasteiger partial charge on any atom is 0.322 e. The van der Waals surface area contributed by atoms with Crippen molar-refractivity contribution in [3.05, 3.63) is 64.4 Å². The molecular weight excluding hydrogens is 530 g/mol. The largest absolute Gasteiger partial charge is 0.497 e. The summed E-state index contributed by atoms with van der Waals surface area (Å²) in [7, 11) is 6.30. The number of rotatable bonds is 14. The second-order valence-electron chi connectivity index (χ2n) is 9.25. The Kier molecular flexibility index (Phi) is 11.5. The van der Waals surface area contributed by atoms with Crippen molar-refractivity contribution in [1.29, 1.82) is 0 Å². The number of nitrogens with one attached hydrogen (secondary N) is 1. The van der Waals surface area contributed by atoms with E-state index in [-0.39, 0.29) is 24.5 Å². The Hall–Kier alpha value is -3.92. The lowest BCUT2D eigenvalue weighted by molar-refractivity contribution is -0.132. The molecule has 0 aliphatic carbocycles. The topological polar surface area (TPSA) is 89.6 Å². The van der Waals surface area contributed by atoms with E-state index in [9.17, 15) is 9.59 Å². The Morgan fingerprint density at radius 1 is 0.925 bits per heavy atom. The highest BCUT2D eigenvalue weighted by atomic mass is 32.1. The molecule has 10 heteroatoms. The van der Waals surface area contributed by atoms with Gasteiger partial charge in [0, 0.05) is 41.4 Å². The lowest BCUT2D eigenvalue weighted by Gasteiger charge is -2.31. The van der Waals surface area contributed by atoms with Crippen LogP contribution in [0.3, 0.4) is 0 Å². The number of carbonyl (C=O) groups excluding carboxylic acids is 2. The summed E-state index contributed by atoms with van der Waals surface area (Å²) < 4.78 is 21.4. The van der Waals surface area contributed by atoms with Crippen molar-refractivity contribution < 1.29 is 28.5 Å². The fourth-order valence-corrected chi connectivity index (χ4v) is 4.87. The first-order chi connectivity index (χ1) is 19.3. The summed E-state index contributed by atoms with van der Waals surface area (Å²) in [5.41, 5.74) is 1.54. The predicted octanol–water partition coefficient (Wildman–Crippen LogP) is 5.69. The third kappa shape index (κ3) is 8.29. The molecule has 0 aliphatic rings. The molecule has 0 radical (unpaired) electrons. The number of amides is 3. The van der Waals surface area contributed by atoms with Gasteiger partial charge in [-0.3, -0.25) is 4.79 Å². The molecule has 1 aromatic heterocycles. The van der Waals surface area contributed by atoms with Crippen LogP contribution in [0.2, 0.25) is 0 Å². The molecule has 3 aromatic rings. The van der Waals surface area contributed by atoms with Crippen molar-refractivity contribution in [1.82, 2.24) is 9.80 Å². The van der Waals surface area contributed by atoms with E-state index in [2.05, 4.69) is 5.32 Å². The molecule has 3 amide bonds. The highest BCUT2D eigenvalue weighted by Gasteiger charge is 2.25. The minimum Gasteiger partial charge on any atom is -0.497 e. The molecular formula is C30H39N3O6S. The number of benzene rings is 2. The van der Waals surface area contributed by atoms with E-state index in [1.165, 1.54) is 0 Å². The minimum atomic E-state index is -0.367. The van der Waals surface area contributed by atoms with Crippen LogP contribution in [0.5, 0.6) is 23.0 Å². The monoisotopic (exact) mass is 569 g/mol. The first kappa shape index (κ1) is 30.6. The average molecular weight is 570 g/mol. The molecule has 216 valence electrons. The van der Waals surface area contributed by atoms with E-state index in [1.54, 1.807) is 67.8 Å². The lowest BCUT2D eigenvalue weighted by atomic mass is 10.1. The third-order valence-corrected chi connectivity index (χ3v) is 7.55. The highest BCUT2D eigenvalue weighted by Crippen LogP contribution is 2.28. The van der Waals surface area contributed by atoms with E-state index in [4.69, 9.17) is 18.9 Å². The number of nitrogens with zero attached hydrogens (tertiary/aromatic N) is 2. The molecule has 1 N–H and O–H groups in total. The maximum absolute atomic E-state index is 13.7. The second-order valence-corrected chi connectivity index (χ2v) is 10.3. The zero-order chi connectivity index (χ0) is 29.1. The fraction of sp³-hybridized carbons (Fsp3) is 0.400. The molecule has 3 rings (SSSR count). The Morgan fingerprint density at radius 2 is 1.62 bits per heavy atom. The SMILES string of the molecule is CCC(C)N(CC(=O)N(CCc1ccc(OC)c(OC)c1)Cc1cccs1)C(=O)Nc1cc(OC)cc(OC)c1. The molecule has 1 unspecified atom stereocenters. The van der Waals surface area contributed by atoms with Gasteiger partial charge in [0.1, 0.15) is 18.0 Å². The first-order valence-corrected chi connectivity index (χ1v) is 14.0. The van der Waals surface area contributed by atoms with Gasteiger partial charge in [-0.05, 0) is 48.9 Å². The van der Waals surface area contributed by atoms with Gasteiger partial charge in [-0.15, -0.1) is 11.3 Å². The zero-order valence-corrected chi connectivity index (χ0v) is 24.9. The standard InChI is InChI=1S/C30H39N3O6S/c1-7-21(2)33(30(35)31-23-16-24(36-3)18-25(17-23)37-4)20-29(34)32(19-26-9-8-14-40-26)13-12-22-10-11-27(38-5)28(15-22)39-6/h8-11,14-18,21H,7,12-13,19-20H2,1-6H3,(H,31,35). The number of ether oxygens (including phenoxy) is 4. The summed E-state index contributed by atoms with van der Waals surface area (Å²) in [4.78, 5) is 31.6. The quantitative estimate of drug-likeness (QED) is 0.269. The minimum absolute atomic E-state index is 0.0563. The van der Waals surface area contributed by atoms with Crippen LogP contribution in [0.4, 0.5) is 10.5 Å². The van der Waals surface area contributed by atoms with Crippen LogP contribution in [-0.4, -0.2) is 69.3 Å². The van der Waals surface area contributed by atoms with Gasteiger partial charge in [0.25, 0.3) is 0 Å². The lowest BCUT2D eigenvalue weighted by Crippen LogP contribution is -2.48. The molecule has 2 aromatic carbocycles. The van der Waals surface area contributed by atoms with Crippen molar-refractivity contribution in [3.63, 3.8) is 0 Å². The second kappa shape index (κ2) is 15.0. The van der Waals surface area contributed by atoms with Gasteiger partial charge >= 0.3 is 6.03 Å². The average Bonchev–Trinajstić information content (AvgIpc) is 3.50. The normalized spacial score (nSPS) is 11.3. The molecule has 1 atom stereocenters. The third-order valence-electron chi connectivity index (χ3n) is 6.69. The maximum atomic E-state index is 13.7. The van der Waals surface area contributed by atoms with Crippen LogP contribution >= 0.6 is 11.3 Å². The predicted molar refractivity (Wildman–Crippen MR) is 158 cm³/mol. The van der Waals surface area contributed by atoms with E-state index < -0.39 is 0 Å². The summed E-state index contributed by atoms with van der Waals surface area (Å²) in [6, 6.07) is 14.4. The van der Waals surface area contributed by atoms with Crippen LogP contribution < -0.4 is 24.3 Å². The van der Waals surface area contributed by atoms with Gasteiger partial charge in [0.05, 0.1) is 35.0 Å². The van der Waals surface area contributed by atoms with Gasteiger partial charge < -0.3 is 34.1 Å². The van der Waals surface area contributed by atoms with Gasteiger partial charge in [0.2, 0.25) is 5.91 Å². The highest BCUT2D eigenvalue weighted by molar-refractivity contribution is 7.09.